The number of nitrogens with zero attached hydrogens (tertiary/aromatic N) is 4. The number of hydrogen-bond donors (Lipinski definition) is 1. The van der Waals surface area contributed by atoms with Crippen LogP contribution in [0.4, 0.5) is 10.2 Å². The van der Waals surface area contributed by atoms with E-state index in [0.717, 1.165) is 25.7 Å². The molecule has 0 bridgehead atoms. The lowest BCUT2D eigenvalue weighted by molar-refractivity contribution is 0.102. The summed E-state index contributed by atoms with van der Waals surface area (Å²) in [6.07, 6.45) is 3.79. The number of sulfonamides is 1. The van der Waals surface area contributed by atoms with Crippen LogP contribution in [0.2, 0.25) is 0 Å². The van der Waals surface area contributed by atoms with Crippen molar-refractivity contribution < 1.29 is 17.6 Å². The second-order valence-corrected chi connectivity index (χ2v) is 11.4. The van der Waals surface area contributed by atoms with Crippen LogP contribution in [0.3, 0.4) is 0 Å². The number of nitrogens with one attached hydrogen (secondary N) is 1. The third-order valence-corrected chi connectivity index (χ3v) is 8.82. The van der Waals surface area contributed by atoms with E-state index < -0.39 is 15.9 Å². The van der Waals surface area contributed by atoms with Gasteiger partial charge in [0.25, 0.3) is 5.91 Å². The van der Waals surface area contributed by atoms with Gasteiger partial charge in [-0.15, -0.1) is 0 Å². The van der Waals surface area contributed by atoms with Crippen LogP contribution in [0, 0.1) is 12.7 Å². The molecule has 1 aliphatic heterocycles. The molecule has 35 heavy (non-hydrogen) atoms. The second-order valence-electron chi connectivity index (χ2n) is 8.49. The van der Waals surface area contributed by atoms with E-state index in [1.807, 2.05) is 0 Å². The van der Waals surface area contributed by atoms with E-state index in [-0.39, 0.29) is 10.7 Å². The Morgan fingerprint density at radius 2 is 1.74 bits per heavy atom. The lowest BCUT2D eigenvalue weighted by Gasteiger charge is -2.20. The number of benzene rings is 2. The Morgan fingerprint density at radius 3 is 2.46 bits per heavy atom. The van der Waals surface area contributed by atoms with E-state index in [9.17, 15) is 17.6 Å². The van der Waals surface area contributed by atoms with E-state index >= 15 is 0 Å². The fourth-order valence-corrected chi connectivity index (χ4v) is 6.58. The number of aromatic nitrogens is 3. The molecule has 11 heteroatoms. The summed E-state index contributed by atoms with van der Waals surface area (Å²) in [7, 11) is -3.59. The molecule has 1 fully saturated rings. The maximum Gasteiger partial charge on any atom is 0.256 e. The first kappa shape index (κ1) is 23.6. The van der Waals surface area contributed by atoms with Crippen molar-refractivity contribution in [3.63, 3.8) is 0 Å². The summed E-state index contributed by atoms with van der Waals surface area (Å²) in [5.74, 6) is -0.343. The van der Waals surface area contributed by atoms with E-state index in [1.165, 1.54) is 56.7 Å². The van der Waals surface area contributed by atoms with Crippen LogP contribution >= 0.6 is 11.3 Å². The van der Waals surface area contributed by atoms with Gasteiger partial charge in [-0.05, 0) is 62.2 Å². The summed E-state index contributed by atoms with van der Waals surface area (Å²) in [6.45, 7) is 2.83. The Kier molecular flexibility index (Phi) is 6.39. The number of amides is 1. The maximum absolute atomic E-state index is 13.6. The fourth-order valence-electron chi connectivity index (χ4n) is 4.11. The number of carbonyl (C=O) groups is 1. The van der Waals surface area contributed by atoms with Crippen molar-refractivity contribution in [3.8, 4) is 5.13 Å². The highest BCUT2D eigenvalue weighted by Gasteiger charge is 2.25. The van der Waals surface area contributed by atoms with Crippen molar-refractivity contribution in [2.75, 3.05) is 18.4 Å². The molecule has 0 atom stereocenters. The molecular weight excluding hydrogens is 489 g/mol. The SMILES string of the molecule is Cc1cc(NC(=O)c2ccc(S(=O)(=O)N3CCCCCC3)cc2)n(-c2nc3ccc(F)cc3s2)n1. The van der Waals surface area contributed by atoms with Gasteiger partial charge in [0.05, 0.1) is 20.8 Å². The summed E-state index contributed by atoms with van der Waals surface area (Å²) in [6, 6.07) is 12.0. The second kappa shape index (κ2) is 9.48. The van der Waals surface area contributed by atoms with Crippen molar-refractivity contribution in [1.82, 2.24) is 19.1 Å². The average Bonchev–Trinajstić information content (AvgIpc) is 3.29. The molecule has 1 saturated heterocycles. The maximum atomic E-state index is 13.6. The first-order chi connectivity index (χ1) is 16.8. The molecule has 1 aliphatic rings. The van der Waals surface area contributed by atoms with Crippen LogP contribution in [0.25, 0.3) is 15.3 Å². The molecule has 4 aromatic rings. The van der Waals surface area contributed by atoms with Crippen LogP contribution in [0.15, 0.2) is 53.4 Å². The van der Waals surface area contributed by atoms with Gasteiger partial charge in [-0.25, -0.2) is 17.8 Å². The zero-order valence-corrected chi connectivity index (χ0v) is 20.7. The number of halogens is 1. The number of fused-ring (bicyclic) bond motifs is 1. The number of hydrogen-bond acceptors (Lipinski definition) is 6. The molecule has 2 aromatic carbocycles. The number of rotatable bonds is 5. The van der Waals surface area contributed by atoms with E-state index in [2.05, 4.69) is 15.4 Å². The zero-order chi connectivity index (χ0) is 24.6. The first-order valence-electron chi connectivity index (χ1n) is 11.4. The fraction of sp³-hybridized carbons (Fsp3) is 0.292. The van der Waals surface area contributed by atoms with Crippen molar-refractivity contribution in [3.05, 3.63) is 65.6 Å². The standard InChI is InChI=1S/C24H24FN5O3S2/c1-16-14-22(30(28-16)24-26-20-11-8-18(25)15-21(20)34-24)27-23(31)17-6-9-19(10-7-17)35(32,33)29-12-4-2-3-5-13-29/h6-11,14-15H,2-5,12-13H2,1H3,(H,27,31). The Labute approximate surface area is 206 Å². The summed E-state index contributed by atoms with van der Waals surface area (Å²) >= 11 is 1.26. The lowest BCUT2D eigenvalue weighted by atomic mass is 10.2. The molecule has 1 amide bonds. The predicted molar refractivity (Wildman–Crippen MR) is 133 cm³/mol. The third kappa shape index (κ3) is 4.84. The minimum absolute atomic E-state index is 0.179. The van der Waals surface area contributed by atoms with Crippen molar-refractivity contribution in [2.45, 2.75) is 37.5 Å². The molecule has 3 heterocycles. The minimum Gasteiger partial charge on any atom is -0.306 e. The normalized spacial score (nSPS) is 15.3. The molecule has 0 spiro atoms. The average molecular weight is 514 g/mol. The smallest absolute Gasteiger partial charge is 0.256 e. The summed E-state index contributed by atoms with van der Waals surface area (Å²) in [5.41, 5.74) is 1.62. The van der Waals surface area contributed by atoms with Gasteiger partial charge in [0.2, 0.25) is 15.2 Å². The monoisotopic (exact) mass is 513 g/mol. The van der Waals surface area contributed by atoms with Gasteiger partial charge in [-0.1, -0.05) is 24.2 Å². The number of aryl methyl sites for hydroxylation is 1. The molecule has 0 unspecified atom stereocenters. The molecule has 0 saturated carbocycles. The van der Waals surface area contributed by atoms with Gasteiger partial charge in [0, 0.05) is 24.7 Å². The van der Waals surface area contributed by atoms with Crippen LogP contribution in [-0.2, 0) is 10.0 Å². The molecule has 0 radical (unpaired) electrons. The first-order valence-corrected chi connectivity index (χ1v) is 13.6. The Bertz CT molecular complexity index is 1490. The highest BCUT2D eigenvalue weighted by Crippen LogP contribution is 2.28. The summed E-state index contributed by atoms with van der Waals surface area (Å²) in [4.78, 5) is 17.6. The van der Waals surface area contributed by atoms with Gasteiger partial charge < -0.3 is 5.32 Å². The van der Waals surface area contributed by atoms with Crippen LogP contribution in [-0.4, -0.2) is 46.5 Å². The zero-order valence-electron chi connectivity index (χ0n) is 19.1. The van der Waals surface area contributed by atoms with Crippen LogP contribution < -0.4 is 5.32 Å². The molecule has 0 aliphatic carbocycles. The van der Waals surface area contributed by atoms with Crippen molar-refractivity contribution >= 4 is 43.3 Å². The Hall–Kier alpha value is -3.15. The molecule has 182 valence electrons. The van der Waals surface area contributed by atoms with Crippen LogP contribution in [0.1, 0.15) is 41.7 Å². The van der Waals surface area contributed by atoms with E-state index in [0.29, 0.717) is 45.5 Å². The Morgan fingerprint density at radius 1 is 1.03 bits per heavy atom. The van der Waals surface area contributed by atoms with E-state index in [1.54, 1.807) is 19.1 Å². The van der Waals surface area contributed by atoms with Gasteiger partial charge in [0.15, 0.2) is 0 Å². The molecule has 5 rings (SSSR count). The predicted octanol–water partition coefficient (Wildman–Crippen LogP) is 4.75. The number of thiazole rings is 1. The van der Waals surface area contributed by atoms with E-state index in [4.69, 9.17) is 0 Å². The minimum atomic E-state index is -3.59. The molecular formula is C24H24FN5O3S2. The van der Waals surface area contributed by atoms with Crippen LogP contribution in [0.5, 0.6) is 0 Å². The van der Waals surface area contributed by atoms with Gasteiger partial charge in [0.1, 0.15) is 11.6 Å². The Balaban J connectivity index is 1.36. The molecule has 1 N–H and O–H groups in total. The topological polar surface area (TPSA) is 97.2 Å². The van der Waals surface area contributed by atoms with Crippen molar-refractivity contribution in [1.29, 1.82) is 0 Å². The quantitative estimate of drug-likeness (QED) is 0.416. The summed E-state index contributed by atoms with van der Waals surface area (Å²) < 4.78 is 43.3. The van der Waals surface area contributed by atoms with Crippen molar-refractivity contribution in [2.24, 2.45) is 0 Å². The molecule has 8 nitrogen and oxygen atoms in total. The largest absolute Gasteiger partial charge is 0.306 e. The molecule has 2 aromatic heterocycles. The van der Waals surface area contributed by atoms with Gasteiger partial charge >= 0.3 is 0 Å². The van der Waals surface area contributed by atoms with Gasteiger partial charge in [-0.3, -0.25) is 4.79 Å². The highest BCUT2D eigenvalue weighted by molar-refractivity contribution is 7.89. The van der Waals surface area contributed by atoms with Gasteiger partial charge in [-0.2, -0.15) is 14.1 Å². The lowest BCUT2D eigenvalue weighted by Crippen LogP contribution is -2.31. The highest BCUT2D eigenvalue weighted by atomic mass is 32.2. The number of carbonyl (C=O) groups excluding carboxylic acids is 1. The number of anilines is 1. The third-order valence-electron chi connectivity index (χ3n) is 5.91. The summed E-state index contributed by atoms with van der Waals surface area (Å²) in [5, 5.41) is 7.74.